The molecule has 1 saturated carbocycles. The second-order valence-corrected chi connectivity index (χ2v) is 7.67. The Morgan fingerprint density at radius 2 is 1.78 bits per heavy atom. The van der Waals surface area contributed by atoms with E-state index in [1.54, 1.807) is 9.80 Å². The van der Waals surface area contributed by atoms with Crippen molar-refractivity contribution in [2.75, 3.05) is 19.6 Å². The number of hydrogen-bond acceptors (Lipinski definition) is 3. The summed E-state index contributed by atoms with van der Waals surface area (Å²) in [5.74, 6) is -0.204. The third kappa shape index (κ3) is 5.55. The van der Waals surface area contributed by atoms with E-state index >= 15 is 0 Å². The van der Waals surface area contributed by atoms with Crippen LogP contribution >= 0.6 is 0 Å². The minimum atomic E-state index is -0.111. The summed E-state index contributed by atoms with van der Waals surface area (Å²) in [7, 11) is 0. The van der Waals surface area contributed by atoms with Gasteiger partial charge in [-0.2, -0.15) is 0 Å². The lowest BCUT2D eigenvalue weighted by atomic mass is 10.1. The van der Waals surface area contributed by atoms with E-state index in [-0.39, 0.29) is 43.1 Å². The summed E-state index contributed by atoms with van der Waals surface area (Å²) in [4.78, 5) is 40.1. The molecule has 0 bridgehead atoms. The van der Waals surface area contributed by atoms with E-state index in [9.17, 15) is 14.4 Å². The molecule has 1 saturated heterocycles. The largest absolute Gasteiger partial charge is 0.353 e. The first-order valence-electron chi connectivity index (χ1n) is 9.92. The van der Waals surface area contributed by atoms with Crippen LogP contribution < -0.4 is 5.32 Å². The van der Waals surface area contributed by atoms with E-state index in [0.29, 0.717) is 19.6 Å². The summed E-state index contributed by atoms with van der Waals surface area (Å²) in [6.45, 7) is 3.78. The van der Waals surface area contributed by atoms with Crippen molar-refractivity contribution >= 4 is 17.7 Å². The fourth-order valence-corrected chi connectivity index (χ4v) is 3.75. The number of aryl methyl sites for hydroxylation is 1. The van der Waals surface area contributed by atoms with Gasteiger partial charge in [-0.3, -0.25) is 14.4 Å². The number of rotatable bonds is 6. The minimum absolute atomic E-state index is 0.0365. The molecule has 27 heavy (non-hydrogen) atoms. The van der Waals surface area contributed by atoms with E-state index in [0.717, 1.165) is 18.4 Å². The zero-order valence-corrected chi connectivity index (χ0v) is 16.1. The predicted octanol–water partition coefficient (Wildman–Crippen LogP) is 2.00. The molecule has 146 valence electrons. The molecule has 1 heterocycles. The SMILES string of the molecule is Cc1ccc(CN2CCN(C(=O)CCC(=O)NC3CCCC3)CC2=O)cc1. The number of nitrogens with zero attached hydrogens (tertiary/aromatic N) is 2. The molecule has 2 aliphatic rings. The van der Waals surface area contributed by atoms with Gasteiger partial charge in [0, 0.05) is 38.5 Å². The molecule has 0 spiro atoms. The van der Waals surface area contributed by atoms with Gasteiger partial charge in [0.2, 0.25) is 17.7 Å². The van der Waals surface area contributed by atoms with Crippen LogP contribution in [0.5, 0.6) is 0 Å². The molecule has 6 nitrogen and oxygen atoms in total. The molecule has 0 radical (unpaired) electrons. The zero-order valence-electron chi connectivity index (χ0n) is 16.1. The first-order valence-corrected chi connectivity index (χ1v) is 9.92. The number of piperazine rings is 1. The van der Waals surface area contributed by atoms with Gasteiger partial charge in [-0.25, -0.2) is 0 Å². The average Bonchev–Trinajstić information content (AvgIpc) is 3.16. The highest BCUT2D eigenvalue weighted by Gasteiger charge is 2.27. The number of benzene rings is 1. The first-order chi connectivity index (χ1) is 13.0. The molecule has 1 aliphatic heterocycles. The Labute approximate surface area is 160 Å². The van der Waals surface area contributed by atoms with Crippen molar-refractivity contribution in [1.29, 1.82) is 0 Å². The van der Waals surface area contributed by atoms with Crippen molar-refractivity contribution in [2.45, 2.75) is 58.0 Å². The van der Waals surface area contributed by atoms with Gasteiger partial charge in [-0.05, 0) is 25.3 Å². The maximum atomic E-state index is 12.4. The van der Waals surface area contributed by atoms with Crippen molar-refractivity contribution in [3.05, 3.63) is 35.4 Å². The Hall–Kier alpha value is -2.37. The van der Waals surface area contributed by atoms with Gasteiger partial charge in [-0.15, -0.1) is 0 Å². The van der Waals surface area contributed by atoms with E-state index in [4.69, 9.17) is 0 Å². The predicted molar refractivity (Wildman–Crippen MR) is 103 cm³/mol. The third-order valence-electron chi connectivity index (χ3n) is 5.45. The molecule has 6 heteroatoms. The Kier molecular flexibility index (Phi) is 6.48. The number of carbonyl (C=O) groups is 3. The van der Waals surface area contributed by atoms with Gasteiger partial charge >= 0.3 is 0 Å². The Morgan fingerprint density at radius 3 is 2.44 bits per heavy atom. The molecule has 1 aliphatic carbocycles. The smallest absolute Gasteiger partial charge is 0.242 e. The summed E-state index contributed by atoms with van der Waals surface area (Å²) in [5.41, 5.74) is 2.29. The maximum Gasteiger partial charge on any atom is 0.242 e. The number of nitrogens with one attached hydrogen (secondary N) is 1. The van der Waals surface area contributed by atoms with Crippen LogP contribution in [-0.4, -0.2) is 53.2 Å². The molecule has 3 amide bonds. The second-order valence-electron chi connectivity index (χ2n) is 7.67. The van der Waals surface area contributed by atoms with Crippen molar-refractivity contribution in [3.8, 4) is 0 Å². The highest BCUT2D eigenvalue weighted by Crippen LogP contribution is 2.18. The fraction of sp³-hybridized carbons (Fsp3) is 0.571. The Morgan fingerprint density at radius 1 is 1.07 bits per heavy atom. The van der Waals surface area contributed by atoms with Crippen molar-refractivity contribution in [2.24, 2.45) is 0 Å². The van der Waals surface area contributed by atoms with Crippen LogP contribution in [0.25, 0.3) is 0 Å². The number of amides is 3. The van der Waals surface area contributed by atoms with Gasteiger partial charge in [0.15, 0.2) is 0 Å². The number of carbonyl (C=O) groups excluding carboxylic acids is 3. The van der Waals surface area contributed by atoms with Crippen LogP contribution in [0.1, 0.15) is 49.7 Å². The van der Waals surface area contributed by atoms with Crippen molar-refractivity contribution in [1.82, 2.24) is 15.1 Å². The van der Waals surface area contributed by atoms with Crippen LogP contribution in [0.4, 0.5) is 0 Å². The Bertz CT molecular complexity index is 680. The van der Waals surface area contributed by atoms with E-state index < -0.39 is 0 Å². The van der Waals surface area contributed by atoms with Gasteiger partial charge < -0.3 is 15.1 Å². The summed E-state index contributed by atoms with van der Waals surface area (Å²) < 4.78 is 0. The molecular weight excluding hydrogens is 342 g/mol. The third-order valence-corrected chi connectivity index (χ3v) is 5.45. The van der Waals surface area contributed by atoms with Gasteiger partial charge in [-0.1, -0.05) is 42.7 Å². The van der Waals surface area contributed by atoms with Crippen LogP contribution in [0.15, 0.2) is 24.3 Å². The first kappa shape index (κ1) is 19.4. The highest BCUT2D eigenvalue weighted by molar-refractivity contribution is 5.88. The average molecular weight is 371 g/mol. The van der Waals surface area contributed by atoms with Crippen LogP contribution in [0.2, 0.25) is 0 Å². The lowest BCUT2D eigenvalue weighted by molar-refractivity contribution is -0.146. The molecule has 0 unspecified atom stereocenters. The molecule has 2 fully saturated rings. The van der Waals surface area contributed by atoms with Crippen molar-refractivity contribution in [3.63, 3.8) is 0 Å². The lowest BCUT2D eigenvalue weighted by Crippen LogP contribution is -2.51. The monoisotopic (exact) mass is 371 g/mol. The second kappa shape index (κ2) is 9.02. The Balaban J connectivity index is 1.41. The van der Waals surface area contributed by atoms with Crippen LogP contribution in [-0.2, 0) is 20.9 Å². The van der Waals surface area contributed by atoms with Crippen LogP contribution in [0, 0.1) is 6.92 Å². The number of hydrogen-bond donors (Lipinski definition) is 1. The normalized spacial score (nSPS) is 18.0. The topological polar surface area (TPSA) is 69.7 Å². The molecule has 0 aromatic heterocycles. The molecule has 1 aromatic rings. The summed E-state index contributed by atoms with van der Waals surface area (Å²) in [6.07, 6.45) is 4.78. The standard InChI is InChI=1S/C21H29N3O3/c1-16-6-8-17(9-7-16)14-23-12-13-24(15-21(23)27)20(26)11-10-19(25)22-18-4-2-3-5-18/h6-9,18H,2-5,10-15H2,1H3,(H,22,25). The molecule has 3 rings (SSSR count). The zero-order chi connectivity index (χ0) is 19.2. The molecule has 1 N–H and O–H groups in total. The molecular formula is C21H29N3O3. The summed E-state index contributed by atoms with van der Waals surface area (Å²) in [5, 5.41) is 3.00. The molecule has 1 aromatic carbocycles. The van der Waals surface area contributed by atoms with Crippen LogP contribution in [0.3, 0.4) is 0 Å². The van der Waals surface area contributed by atoms with E-state index in [2.05, 4.69) is 5.32 Å². The minimum Gasteiger partial charge on any atom is -0.353 e. The lowest BCUT2D eigenvalue weighted by Gasteiger charge is -2.34. The quantitative estimate of drug-likeness (QED) is 0.832. The molecule has 0 atom stereocenters. The summed E-state index contributed by atoms with van der Waals surface area (Å²) in [6, 6.07) is 8.41. The van der Waals surface area contributed by atoms with E-state index in [1.165, 1.54) is 18.4 Å². The van der Waals surface area contributed by atoms with Gasteiger partial charge in [0.25, 0.3) is 0 Å². The fourth-order valence-electron chi connectivity index (χ4n) is 3.75. The van der Waals surface area contributed by atoms with Crippen molar-refractivity contribution < 1.29 is 14.4 Å². The van der Waals surface area contributed by atoms with Gasteiger partial charge in [0.1, 0.15) is 0 Å². The maximum absolute atomic E-state index is 12.4. The van der Waals surface area contributed by atoms with E-state index in [1.807, 2.05) is 31.2 Å². The highest BCUT2D eigenvalue weighted by atomic mass is 16.2. The summed E-state index contributed by atoms with van der Waals surface area (Å²) >= 11 is 0. The van der Waals surface area contributed by atoms with Gasteiger partial charge in [0.05, 0.1) is 6.54 Å².